The zero-order valence-corrected chi connectivity index (χ0v) is 10.8. The molecule has 0 saturated carbocycles. The number of carbonyl (C=O) groups is 1. The fraction of sp³-hybridized carbons (Fsp3) is 0.167. The minimum Gasteiger partial charge on any atom is -0.347 e. The molecule has 2 aromatic rings. The first kappa shape index (κ1) is 14.6. The zero-order valence-electron chi connectivity index (χ0n) is 10.8. The van der Waals surface area contributed by atoms with Crippen molar-refractivity contribution in [1.82, 2.24) is 15.3 Å². The van der Waals surface area contributed by atoms with Gasteiger partial charge in [0.25, 0.3) is 5.91 Å². The molecule has 0 bridgehead atoms. The number of aromatic amines is 1. The first-order valence-corrected chi connectivity index (χ1v) is 5.83. The molecule has 1 aromatic heterocycles. The number of H-pyrrole nitrogens is 1. The number of rotatable bonds is 4. The second-order valence-electron chi connectivity index (χ2n) is 4.21. The predicted molar refractivity (Wildman–Crippen MR) is 67.5 cm³/mol. The number of benzene rings is 1. The number of nitro groups is 1. The highest BCUT2D eigenvalue weighted by molar-refractivity contribution is 5.95. The van der Waals surface area contributed by atoms with Crippen LogP contribution in [0.4, 0.5) is 14.5 Å². The van der Waals surface area contributed by atoms with Crippen molar-refractivity contribution in [3.63, 3.8) is 0 Å². The summed E-state index contributed by atoms with van der Waals surface area (Å²) in [5, 5.41) is 12.9. The van der Waals surface area contributed by atoms with E-state index in [4.69, 9.17) is 0 Å². The van der Waals surface area contributed by atoms with Crippen LogP contribution in [-0.4, -0.2) is 20.8 Å². The van der Waals surface area contributed by atoms with Gasteiger partial charge in [-0.1, -0.05) is 0 Å². The highest BCUT2D eigenvalue weighted by Gasteiger charge is 2.23. The molecule has 0 fully saturated rings. The van der Waals surface area contributed by atoms with Crippen LogP contribution in [0.15, 0.2) is 24.5 Å². The average molecular weight is 296 g/mol. The fourth-order valence-electron chi connectivity index (χ4n) is 1.71. The van der Waals surface area contributed by atoms with Crippen LogP contribution in [0.25, 0.3) is 0 Å². The Bertz CT molecular complexity index is 688. The Labute approximate surface area is 117 Å². The lowest BCUT2D eigenvalue weighted by atomic mass is 10.1. The molecular weight excluding hydrogens is 286 g/mol. The molecule has 0 radical (unpaired) electrons. The molecule has 2 N–H and O–H groups in total. The van der Waals surface area contributed by atoms with Crippen molar-refractivity contribution in [2.24, 2.45) is 0 Å². The van der Waals surface area contributed by atoms with Crippen molar-refractivity contribution in [2.75, 3.05) is 0 Å². The van der Waals surface area contributed by atoms with Gasteiger partial charge in [-0.3, -0.25) is 14.9 Å². The normalized spacial score (nSPS) is 12.0. The first-order chi connectivity index (χ1) is 9.90. The standard InChI is InChI=1S/C12H10F2N4O3/c1-6(11-15-2-3-16-11)17-12(19)7-4-9(14)10(18(20)21)5-8(7)13/h2-6H,1H3,(H,15,16)(H,17,19). The minimum atomic E-state index is -1.28. The fourth-order valence-corrected chi connectivity index (χ4v) is 1.71. The summed E-state index contributed by atoms with van der Waals surface area (Å²) in [6, 6.07) is 0.310. The zero-order chi connectivity index (χ0) is 15.6. The molecule has 1 atom stereocenters. The van der Waals surface area contributed by atoms with Gasteiger partial charge in [0.2, 0.25) is 5.82 Å². The van der Waals surface area contributed by atoms with Crippen molar-refractivity contribution < 1.29 is 18.5 Å². The second kappa shape index (κ2) is 5.65. The van der Waals surface area contributed by atoms with E-state index in [-0.39, 0.29) is 0 Å². The van der Waals surface area contributed by atoms with Gasteiger partial charge in [0.1, 0.15) is 11.6 Å². The monoisotopic (exact) mass is 296 g/mol. The van der Waals surface area contributed by atoms with E-state index in [1.165, 1.54) is 6.20 Å². The summed E-state index contributed by atoms with van der Waals surface area (Å²) >= 11 is 0. The van der Waals surface area contributed by atoms with E-state index < -0.39 is 39.8 Å². The molecule has 21 heavy (non-hydrogen) atoms. The Hall–Kier alpha value is -2.84. The molecule has 110 valence electrons. The maximum absolute atomic E-state index is 13.7. The van der Waals surface area contributed by atoms with Crippen LogP contribution >= 0.6 is 0 Å². The number of halogens is 2. The molecular formula is C12H10F2N4O3. The van der Waals surface area contributed by atoms with E-state index in [0.29, 0.717) is 18.0 Å². The van der Waals surface area contributed by atoms with Gasteiger partial charge in [-0.25, -0.2) is 9.37 Å². The van der Waals surface area contributed by atoms with Crippen molar-refractivity contribution >= 4 is 11.6 Å². The Morgan fingerprint density at radius 3 is 2.71 bits per heavy atom. The number of aromatic nitrogens is 2. The van der Waals surface area contributed by atoms with E-state index in [1.807, 2.05) is 0 Å². The van der Waals surface area contributed by atoms with Crippen LogP contribution in [-0.2, 0) is 0 Å². The molecule has 7 nitrogen and oxygen atoms in total. The van der Waals surface area contributed by atoms with Crippen molar-refractivity contribution in [1.29, 1.82) is 0 Å². The number of carbonyl (C=O) groups excluding carboxylic acids is 1. The van der Waals surface area contributed by atoms with Crippen molar-refractivity contribution in [2.45, 2.75) is 13.0 Å². The van der Waals surface area contributed by atoms with E-state index >= 15 is 0 Å². The Kier molecular flexibility index (Phi) is 3.92. The topological polar surface area (TPSA) is 101 Å². The molecule has 1 amide bonds. The summed E-state index contributed by atoms with van der Waals surface area (Å²) in [6.45, 7) is 1.59. The Morgan fingerprint density at radius 2 is 2.14 bits per heavy atom. The van der Waals surface area contributed by atoms with Gasteiger partial charge < -0.3 is 10.3 Å². The third-order valence-electron chi connectivity index (χ3n) is 2.75. The number of amides is 1. The smallest absolute Gasteiger partial charge is 0.307 e. The Balaban J connectivity index is 2.24. The quantitative estimate of drug-likeness (QED) is 0.666. The predicted octanol–water partition coefficient (Wildman–Crippen LogP) is 2.09. The molecule has 0 saturated heterocycles. The SMILES string of the molecule is CC(NC(=O)c1cc(F)c([N+](=O)[O-])cc1F)c1ncc[nH]1. The van der Waals surface area contributed by atoms with E-state index in [9.17, 15) is 23.7 Å². The van der Waals surface area contributed by atoms with Crippen LogP contribution in [0.3, 0.4) is 0 Å². The summed E-state index contributed by atoms with van der Waals surface area (Å²) < 4.78 is 27.1. The van der Waals surface area contributed by atoms with Crippen LogP contribution < -0.4 is 5.32 Å². The number of nitrogens with zero attached hydrogens (tertiary/aromatic N) is 2. The molecule has 0 aliphatic carbocycles. The van der Waals surface area contributed by atoms with Crippen molar-refractivity contribution in [3.8, 4) is 0 Å². The summed E-state index contributed by atoms with van der Waals surface area (Å²) in [5.41, 5.74) is -1.64. The lowest BCUT2D eigenvalue weighted by Gasteiger charge is -2.12. The van der Waals surface area contributed by atoms with Gasteiger partial charge in [-0.15, -0.1) is 0 Å². The number of imidazole rings is 1. The number of nitrogens with one attached hydrogen (secondary N) is 2. The largest absolute Gasteiger partial charge is 0.347 e. The molecule has 0 spiro atoms. The lowest BCUT2D eigenvalue weighted by molar-refractivity contribution is -0.387. The number of nitro benzene ring substituents is 1. The Morgan fingerprint density at radius 1 is 1.43 bits per heavy atom. The number of hydrogen-bond acceptors (Lipinski definition) is 4. The van der Waals surface area contributed by atoms with Crippen LogP contribution in [0.1, 0.15) is 29.1 Å². The highest BCUT2D eigenvalue weighted by atomic mass is 19.1. The van der Waals surface area contributed by atoms with Gasteiger partial charge in [-0.2, -0.15) is 4.39 Å². The molecule has 0 aliphatic heterocycles. The van der Waals surface area contributed by atoms with E-state index in [0.717, 1.165) is 0 Å². The molecule has 0 aliphatic rings. The maximum Gasteiger partial charge on any atom is 0.307 e. The first-order valence-electron chi connectivity index (χ1n) is 5.83. The third kappa shape index (κ3) is 3.02. The lowest BCUT2D eigenvalue weighted by Crippen LogP contribution is -2.28. The number of hydrogen-bond donors (Lipinski definition) is 2. The van der Waals surface area contributed by atoms with Crippen LogP contribution in [0.5, 0.6) is 0 Å². The third-order valence-corrected chi connectivity index (χ3v) is 2.75. The van der Waals surface area contributed by atoms with Crippen LogP contribution in [0, 0.1) is 21.7 Å². The summed E-state index contributed by atoms with van der Waals surface area (Å²) in [6.07, 6.45) is 3.02. The maximum atomic E-state index is 13.7. The highest BCUT2D eigenvalue weighted by Crippen LogP contribution is 2.21. The summed E-state index contributed by atoms with van der Waals surface area (Å²) in [7, 11) is 0. The molecule has 2 rings (SSSR count). The molecule has 9 heteroatoms. The van der Waals surface area contributed by atoms with Gasteiger partial charge >= 0.3 is 5.69 Å². The van der Waals surface area contributed by atoms with Gasteiger partial charge in [-0.05, 0) is 13.0 Å². The molecule has 1 heterocycles. The van der Waals surface area contributed by atoms with Gasteiger partial charge in [0.05, 0.1) is 22.6 Å². The summed E-state index contributed by atoms with van der Waals surface area (Å²) in [4.78, 5) is 28.0. The van der Waals surface area contributed by atoms with Gasteiger partial charge in [0.15, 0.2) is 0 Å². The van der Waals surface area contributed by atoms with E-state index in [1.54, 1.807) is 13.1 Å². The molecule has 1 unspecified atom stereocenters. The summed E-state index contributed by atoms with van der Waals surface area (Å²) in [5.74, 6) is -2.92. The van der Waals surface area contributed by atoms with Gasteiger partial charge in [0, 0.05) is 12.4 Å². The second-order valence-corrected chi connectivity index (χ2v) is 4.21. The van der Waals surface area contributed by atoms with E-state index in [2.05, 4.69) is 15.3 Å². The van der Waals surface area contributed by atoms with Crippen molar-refractivity contribution in [3.05, 3.63) is 57.7 Å². The average Bonchev–Trinajstić information content (AvgIpc) is 2.94. The minimum absolute atomic E-state index is 0.377. The van der Waals surface area contributed by atoms with Crippen LogP contribution in [0.2, 0.25) is 0 Å². The molecule has 1 aromatic carbocycles.